The lowest BCUT2D eigenvalue weighted by molar-refractivity contribution is 0.325. The number of aliphatic imine (C=N–C) groups is 1. The summed E-state index contributed by atoms with van der Waals surface area (Å²) in [5.41, 5.74) is 10.3. The predicted molar refractivity (Wildman–Crippen MR) is 74.6 cm³/mol. The van der Waals surface area contributed by atoms with Crippen LogP contribution in [0.1, 0.15) is 0 Å². The molecule has 1 aromatic carbocycles. The van der Waals surface area contributed by atoms with E-state index in [9.17, 15) is 0 Å². The van der Waals surface area contributed by atoms with Crippen LogP contribution in [0.2, 0.25) is 0 Å². The van der Waals surface area contributed by atoms with E-state index in [0.29, 0.717) is 13.2 Å². The van der Waals surface area contributed by atoms with E-state index in [2.05, 4.69) is 4.99 Å². The lowest BCUT2D eigenvalue weighted by atomic mass is 10.3. The van der Waals surface area contributed by atoms with Gasteiger partial charge in [0.2, 0.25) is 0 Å². The Morgan fingerprint density at radius 2 is 2.00 bits per heavy atom. The van der Waals surface area contributed by atoms with Crippen LogP contribution in [-0.4, -0.2) is 26.2 Å². The van der Waals surface area contributed by atoms with Crippen LogP contribution >= 0.6 is 24.0 Å². The highest BCUT2D eigenvalue weighted by Gasteiger charge is 1.95. The molecule has 0 aromatic heterocycles. The van der Waals surface area contributed by atoms with Gasteiger partial charge in [-0.05, 0) is 12.1 Å². The van der Waals surface area contributed by atoms with E-state index in [4.69, 9.17) is 20.9 Å². The molecule has 1 rings (SSSR count). The van der Waals surface area contributed by atoms with Crippen LogP contribution in [0.5, 0.6) is 11.5 Å². The maximum Gasteiger partial charge on any atom is 0.186 e. The number of guanidine groups is 1. The Kier molecular flexibility index (Phi) is 7.44. The molecule has 0 saturated carbocycles. The van der Waals surface area contributed by atoms with Crippen molar-refractivity contribution in [1.82, 2.24) is 0 Å². The molecule has 0 heterocycles. The molecule has 0 radical (unpaired) electrons. The highest BCUT2D eigenvalue weighted by atomic mass is 127. The van der Waals surface area contributed by atoms with Gasteiger partial charge >= 0.3 is 0 Å². The lowest BCUT2D eigenvalue weighted by Gasteiger charge is -2.05. The predicted octanol–water partition coefficient (Wildman–Crippen LogP) is 0.965. The first-order valence-electron chi connectivity index (χ1n) is 4.54. The van der Waals surface area contributed by atoms with E-state index < -0.39 is 0 Å². The summed E-state index contributed by atoms with van der Waals surface area (Å²) in [6.07, 6.45) is 0. The van der Waals surface area contributed by atoms with Crippen LogP contribution in [0.3, 0.4) is 0 Å². The van der Waals surface area contributed by atoms with Crippen molar-refractivity contribution in [3.63, 3.8) is 0 Å². The van der Waals surface area contributed by atoms with Crippen molar-refractivity contribution < 1.29 is 9.47 Å². The first-order chi connectivity index (χ1) is 7.22. The van der Waals surface area contributed by atoms with Crippen molar-refractivity contribution >= 4 is 29.9 Å². The summed E-state index contributed by atoms with van der Waals surface area (Å²) in [6.45, 7) is 0.880. The molecular formula is C10H16IN3O2. The Bertz CT molecular complexity index is 341. The number of rotatable bonds is 5. The van der Waals surface area contributed by atoms with Gasteiger partial charge in [0, 0.05) is 6.07 Å². The first kappa shape index (κ1) is 14.8. The molecule has 0 aliphatic rings. The molecule has 5 nitrogen and oxygen atoms in total. The summed E-state index contributed by atoms with van der Waals surface area (Å²) in [7, 11) is 1.61. The SMILES string of the molecule is COc1cccc(OCCN=C(N)N)c1.I. The quantitative estimate of drug-likeness (QED) is 0.363. The molecule has 0 spiro atoms. The highest BCUT2D eigenvalue weighted by molar-refractivity contribution is 14.0. The van der Waals surface area contributed by atoms with Crippen molar-refractivity contribution in [3.8, 4) is 11.5 Å². The van der Waals surface area contributed by atoms with Gasteiger partial charge < -0.3 is 20.9 Å². The third-order valence-corrected chi connectivity index (χ3v) is 1.70. The van der Waals surface area contributed by atoms with Crippen LogP contribution in [0.25, 0.3) is 0 Å². The van der Waals surface area contributed by atoms with Crippen molar-refractivity contribution in [1.29, 1.82) is 0 Å². The zero-order chi connectivity index (χ0) is 11.1. The van der Waals surface area contributed by atoms with Gasteiger partial charge in [-0.1, -0.05) is 6.07 Å². The van der Waals surface area contributed by atoms with E-state index in [0.717, 1.165) is 11.5 Å². The third-order valence-electron chi connectivity index (χ3n) is 1.70. The van der Waals surface area contributed by atoms with Gasteiger partial charge in [-0.3, -0.25) is 4.99 Å². The Labute approximate surface area is 112 Å². The monoisotopic (exact) mass is 337 g/mol. The molecule has 1 aromatic rings. The minimum atomic E-state index is 0. The van der Waals surface area contributed by atoms with E-state index in [1.54, 1.807) is 13.2 Å². The Morgan fingerprint density at radius 1 is 1.31 bits per heavy atom. The number of nitrogens with two attached hydrogens (primary N) is 2. The van der Waals surface area contributed by atoms with Crippen molar-refractivity contribution in [2.75, 3.05) is 20.3 Å². The van der Waals surface area contributed by atoms with Gasteiger partial charge in [0.15, 0.2) is 5.96 Å². The molecule has 0 aliphatic heterocycles. The molecule has 0 aliphatic carbocycles. The highest BCUT2D eigenvalue weighted by Crippen LogP contribution is 2.18. The molecule has 0 amide bonds. The minimum absolute atomic E-state index is 0. The number of hydrogen-bond acceptors (Lipinski definition) is 3. The molecule has 0 bridgehead atoms. The maximum absolute atomic E-state index is 5.40. The average Bonchev–Trinajstić information content (AvgIpc) is 2.24. The lowest BCUT2D eigenvalue weighted by Crippen LogP contribution is -2.23. The molecule has 0 fully saturated rings. The van der Waals surface area contributed by atoms with Crippen LogP contribution in [0, 0.1) is 0 Å². The number of methoxy groups -OCH3 is 1. The largest absolute Gasteiger partial charge is 0.497 e. The number of halogens is 1. The van der Waals surface area contributed by atoms with Crippen LogP contribution in [0.15, 0.2) is 29.3 Å². The van der Waals surface area contributed by atoms with Crippen molar-refractivity contribution in [3.05, 3.63) is 24.3 Å². The fraction of sp³-hybridized carbons (Fsp3) is 0.300. The molecule has 4 N–H and O–H groups in total. The van der Waals surface area contributed by atoms with Crippen LogP contribution in [0.4, 0.5) is 0 Å². The second kappa shape index (κ2) is 8.03. The number of hydrogen-bond donors (Lipinski definition) is 2. The van der Waals surface area contributed by atoms with Crippen LogP contribution < -0.4 is 20.9 Å². The summed E-state index contributed by atoms with van der Waals surface area (Å²) < 4.78 is 10.5. The summed E-state index contributed by atoms with van der Waals surface area (Å²) in [4.78, 5) is 3.80. The second-order valence-electron chi connectivity index (χ2n) is 2.83. The minimum Gasteiger partial charge on any atom is -0.497 e. The molecule has 90 valence electrons. The Hall–Kier alpha value is -1.18. The van der Waals surface area contributed by atoms with Crippen LogP contribution in [-0.2, 0) is 0 Å². The Balaban J connectivity index is 0.00000225. The average molecular weight is 337 g/mol. The number of ether oxygens (including phenoxy) is 2. The molecule has 16 heavy (non-hydrogen) atoms. The fourth-order valence-electron chi connectivity index (χ4n) is 1.03. The van der Waals surface area contributed by atoms with Gasteiger partial charge in [-0.15, -0.1) is 24.0 Å². The van der Waals surface area contributed by atoms with Gasteiger partial charge in [0.05, 0.1) is 13.7 Å². The van der Waals surface area contributed by atoms with E-state index in [1.165, 1.54) is 0 Å². The molecule has 6 heteroatoms. The third kappa shape index (κ3) is 5.64. The first-order valence-corrected chi connectivity index (χ1v) is 4.54. The summed E-state index contributed by atoms with van der Waals surface area (Å²) in [6, 6.07) is 7.35. The van der Waals surface area contributed by atoms with Gasteiger partial charge in [-0.25, -0.2) is 0 Å². The smallest absolute Gasteiger partial charge is 0.186 e. The van der Waals surface area contributed by atoms with Gasteiger partial charge in [0.25, 0.3) is 0 Å². The molecule has 0 atom stereocenters. The Morgan fingerprint density at radius 3 is 2.62 bits per heavy atom. The maximum atomic E-state index is 5.40. The normalized spacial score (nSPS) is 8.81. The number of benzene rings is 1. The second-order valence-corrected chi connectivity index (χ2v) is 2.83. The summed E-state index contributed by atoms with van der Waals surface area (Å²) >= 11 is 0. The topological polar surface area (TPSA) is 82.9 Å². The molecule has 0 unspecified atom stereocenters. The standard InChI is InChI=1S/C10H15N3O2.HI/c1-14-8-3-2-4-9(7-8)15-6-5-13-10(11)12;/h2-4,7H,5-6H2,1H3,(H4,11,12,13);1H. The zero-order valence-corrected chi connectivity index (χ0v) is 11.4. The fourth-order valence-corrected chi connectivity index (χ4v) is 1.03. The van der Waals surface area contributed by atoms with Gasteiger partial charge in [0.1, 0.15) is 18.1 Å². The van der Waals surface area contributed by atoms with E-state index in [-0.39, 0.29) is 29.9 Å². The molecular weight excluding hydrogens is 321 g/mol. The van der Waals surface area contributed by atoms with E-state index >= 15 is 0 Å². The van der Waals surface area contributed by atoms with Crippen molar-refractivity contribution in [2.45, 2.75) is 0 Å². The number of nitrogens with zero attached hydrogens (tertiary/aromatic N) is 1. The summed E-state index contributed by atoms with van der Waals surface area (Å²) in [5, 5.41) is 0. The summed E-state index contributed by atoms with van der Waals surface area (Å²) in [5.74, 6) is 1.57. The van der Waals surface area contributed by atoms with Gasteiger partial charge in [-0.2, -0.15) is 0 Å². The zero-order valence-electron chi connectivity index (χ0n) is 9.05. The van der Waals surface area contributed by atoms with Crippen molar-refractivity contribution in [2.24, 2.45) is 16.5 Å². The molecule has 0 saturated heterocycles. The van der Waals surface area contributed by atoms with E-state index in [1.807, 2.05) is 18.2 Å².